The Labute approximate surface area is 110 Å². The average Bonchev–Trinajstić information content (AvgIpc) is 2.66. The molecule has 102 valence electrons. The second-order valence-electron chi connectivity index (χ2n) is 6.89. The van der Waals surface area contributed by atoms with Crippen LogP contribution >= 0.6 is 0 Å². The molecule has 3 unspecified atom stereocenters. The standard InChI is InChI=1S/C14H26N4/c1-14(2,3)11-5-6-13(15)10(7-11)8-12-9-18(4)17-16-12/h9-11,13H,5-8,15H2,1-4H3. The van der Waals surface area contributed by atoms with Crippen molar-refractivity contribution in [3.05, 3.63) is 11.9 Å². The Morgan fingerprint density at radius 3 is 2.67 bits per heavy atom. The highest BCUT2D eigenvalue weighted by Crippen LogP contribution is 2.40. The molecule has 1 aliphatic carbocycles. The van der Waals surface area contributed by atoms with Gasteiger partial charge in [0.1, 0.15) is 0 Å². The Bertz CT molecular complexity index is 391. The summed E-state index contributed by atoms with van der Waals surface area (Å²) in [7, 11) is 1.91. The number of aromatic nitrogens is 3. The van der Waals surface area contributed by atoms with Gasteiger partial charge in [-0.15, -0.1) is 5.10 Å². The lowest BCUT2D eigenvalue weighted by Gasteiger charge is -2.40. The van der Waals surface area contributed by atoms with Crippen molar-refractivity contribution in [2.45, 2.75) is 52.5 Å². The van der Waals surface area contributed by atoms with Gasteiger partial charge in [0.25, 0.3) is 0 Å². The largest absolute Gasteiger partial charge is 0.327 e. The highest BCUT2D eigenvalue weighted by Gasteiger charge is 2.34. The Balaban J connectivity index is 2.02. The number of nitrogens with zero attached hydrogens (tertiary/aromatic N) is 3. The van der Waals surface area contributed by atoms with E-state index < -0.39 is 0 Å². The fraction of sp³-hybridized carbons (Fsp3) is 0.857. The van der Waals surface area contributed by atoms with E-state index in [9.17, 15) is 0 Å². The van der Waals surface area contributed by atoms with Crippen LogP contribution in [0.15, 0.2) is 6.20 Å². The van der Waals surface area contributed by atoms with Crippen molar-refractivity contribution in [1.29, 1.82) is 0 Å². The van der Waals surface area contributed by atoms with E-state index in [1.807, 2.05) is 13.2 Å². The fourth-order valence-corrected chi connectivity index (χ4v) is 3.07. The number of hydrogen-bond donors (Lipinski definition) is 1. The number of nitrogens with two attached hydrogens (primary N) is 1. The van der Waals surface area contributed by atoms with Crippen LogP contribution < -0.4 is 5.73 Å². The minimum absolute atomic E-state index is 0.325. The van der Waals surface area contributed by atoms with Gasteiger partial charge in [-0.3, -0.25) is 4.68 Å². The Morgan fingerprint density at radius 2 is 2.11 bits per heavy atom. The summed E-state index contributed by atoms with van der Waals surface area (Å²) in [6, 6.07) is 0.325. The summed E-state index contributed by atoms with van der Waals surface area (Å²) in [6.45, 7) is 7.02. The first-order chi connectivity index (χ1) is 8.36. The van der Waals surface area contributed by atoms with Crippen LogP contribution in [0.3, 0.4) is 0 Å². The van der Waals surface area contributed by atoms with Gasteiger partial charge in [0.05, 0.1) is 5.69 Å². The molecule has 1 aliphatic rings. The van der Waals surface area contributed by atoms with E-state index in [0.29, 0.717) is 17.4 Å². The smallest absolute Gasteiger partial charge is 0.0830 e. The third-order valence-corrected chi connectivity index (χ3v) is 4.39. The highest BCUT2D eigenvalue weighted by molar-refractivity contribution is 4.98. The molecule has 0 saturated heterocycles. The number of aryl methyl sites for hydroxylation is 1. The van der Waals surface area contributed by atoms with Gasteiger partial charge in [-0.2, -0.15) is 0 Å². The molecule has 0 spiro atoms. The molecule has 18 heavy (non-hydrogen) atoms. The van der Waals surface area contributed by atoms with Gasteiger partial charge in [0, 0.05) is 19.3 Å². The molecule has 4 heteroatoms. The Hall–Kier alpha value is -0.900. The van der Waals surface area contributed by atoms with E-state index in [4.69, 9.17) is 5.73 Å². The zero-order valence-corrected chi connectivity index (χ0v) is 12.1. The minimum atomic E-state index is 0.325. The molecule has 0 amide bonds. The summed E-state index contributed by atoms with van der Waals surface area (Å²) in [6.07, 6.45) is 6.62. The predicted octanol–water partition coefficient (Wildman–Crippen LogP) is 2.15. The lowest BCUT2D eigenvalue weighted by atomic mass is 9.67. The van der Waals surface area contributed by atoms with E-state index in [1.165, 1.54) is 12.8 Å². The fourth-order valence-electron chi connectivity index (χ4n) is 3.07. The van der Waals surface area contributed by atoms with E-state index in [0.717, 1.165) is 24.5 Å². The van der Waals surface area contributed by atoms with Crippen molar-refractivity contribution in [3.63, 3.8) is 0 Å². The maximum Gasteiger partial charge on any atom is 0.0830 e. The van der Waals surface area contributed by atoms with Crippen molar-refractivity contribution >= 4 is 0 Å². The maximum atomic E-state index is 6.28. The van der Waals surface area contributed by atoms with Crippen LogP contribution in [0.25, 0.3) is 0 Å². The minimum Gasteiger partial charge on any atom is -0.327 e. The SMILES string of the molecule is Cn1cc(CC2CC(C(C)(C)C)CCC2N)nn1. The molecule has 0 bridgehead atoms. The van der Waals surface area contributed by atoms with Crippen LogP contribution in [0, 0.1) is 17.3 Å². The van der Waals surface area contributed by atoms with Gasteiger partial charge in [0.15, 0.2) is 0 Å². The average molecular weight is 250 g/mol. The molecule has 3 atom stereocenters. The van der Waals surface area contributed by atoms with E-state index in [-0.39, 0.29) is 0 Å². The third kappa shape index (κ3) is 3.10. The van der Waals surface area contributed by atoms with Gasteiger partial charge < -0.3 is 5.73 Å². The maximum absolute atomic E-state index is 6.28. The van der Waals surface area contributed by atoms with Gasteiger partial charge in [-0.1, -0.05) is 26.0 Å². The molecular weight excluding hydrogens is 224 g/mol. The zero-order chi connectivity index (χ0) is 13.3. The summed E-state index contributed by atoms with van der Waals surface area (Å²) >= 11 is 0. The topological polar surface area (TPSA) is 56.7 Å². The summed E-state index contributed by atoms with van der Waals surface area (Å²) in [5, 5.41) is 8.19. The first-order valence-corrected chi connectivity index (χ1v) is 6.97. The molecule has 0 aromatic carbocycles. The highest BCUT2D eigenvalue weighted by atomic mass is 15.4. The van der Waals surface area contributed by atoms with Crippen LogP contribution in [0.4, 0.5) is 0 Å². The molecule has 1 heterocycles. The van der Waals surface area contributed by atoms with Crippen molar-refractivity contribution in [2.24, 2.45) is 30.0 Å². The van der Waals surface area contributed by atoms with Gasteiger partial charge >= 0.3 is 0 Å². The molecule has 0 aliphatic heterocycles. The van der Waals surface area contributed by atoms with Crippen LogP contribution in [-0.4, -0.2) is 21.0 Å². The first kappa shape index (κ1) is 13.5. The Morgan fingerprint density at radius 1 is 1.39 bits per heavy atom. The van der Waals surface area contributed by atoms with Gasteiger partial charge in [-0.25, -0.2) is 0 Å². The summed E-state index contributed by atoms with van der Waals surface area (Å²) < 4.78 is 1.77. The molecule has 4 nitrogen and oxygen atoms in total. The van der Waals surface area contributed by atoms with Crippen LogP contribution in [0.1, 0.15) is 45.7 Å². The van der Waals surface area contributed by atoms with Crippen LogP contribution in [0.5, 0.6) is 0 Å². The molecule has 1 fully saturated rings. The first-order valence-electron chi connectivity index (χ1n) is 6.97. The Kier molecular flexibility index (Phi) is 3.76. The lowest BCUT2D eigenvalue weighted by molar-refractivity contribution is 0.126. The van der Waals surface area contributed by atoms with Crippen molar-refractivity contribution in [3.8, 4) is 0 Å². The number of hydrogen-bond acceptors (Lipinski definition) is 3. The van der Waals surface area contributed by atoms with Crippen molar-refractivity contribution in [1.82, 2.24) is 15.0 Å². The molecule has 0 radical (unpaired) electrons. The van der Waals surface area contributed by atoms with Crippen molar-refractivity contribution in [2.75, 3.05) is 0 Å². The van der Waals surface area contributed by atoms with Crippen molar-refractivity contribution < 1.29 is 0 Å². The molecule has 2 N–H and O–H groups in total. The zero-order valence-electron chi connectivity index (χ0n) is 12.1. The number of rotatable bonds is 2. The molecule has 1 aromatic heterocycles. The molecule has 1 saturated carbocycles. The second kappa shape index (κ2) is 5.00. The summed E-state index contributed by atoms with van der Waals surface area (Å²) in [5.74, 6) is 1.33. The van der Waals surface area contributed by atoms with Crippen LogP contribution in [0.2, 0.25) is 0 Å². The third-order valence-electron chi connectivity index (χ3n) is 4.39. The molecular formula is C14H26N4. The lowest BCUT2D eigenvalue weighted by Crippen LogP contribution is -2.40. The second-order valence-corrected chi connectivity index (χ2v) is 6.89. The molecule has 1 aromatic rings. The molecule has 2 rings (SSSR count). The predicted molar refractivity (Wildman–Crippen MR) is 73.0 cm³/mol. The summed E-state index contributed by atoms with van der Waals surface area (Å²) in [5.41, 5.74) is 7.75. The van der Waals surface area contributed by atoms with E-state index in [1.54, 1.807) is 4.68 Å². The summed E-state index contributed by atoms with van der Waals surface area (Å²) in [4.78, 5) is 0. The monoisotopic (exact) mass is 250 g/mol. The van der Waals surface area contributed by atoms with Crippen LogP contribution in [-0.2, 0) is 13.5 Å². The van der Waals surface area contributed by atoms with Gasteiger partial charge in [-0.05, 0) is 42.9 Å². The normalized spacial score (nSPS) is 29.5. The van der Waals surface area contributed by atoms with E-state index >= 15 is 0 Å². The van der Waals surface area contributed by atoms with Gasteiger partial charge in [0.2, 0.25) is 0 Å². The quantitative estimate of drug-likeness (QED) is 0.875. The van der Waals surface area contributed by atoms with E-state index in [2.05, 4.69) is 31.1 Å².